The van der Waals surface area contributed by atoms with Gasteiger partial charge >= 0.3 is 0 Å². The van der Waals surface area contributed by atoms with Gasteiger partial charge < -0.3 is 5.32 Å². The Morgan fingerprint density at radius 3 is 2.78 bits per heavy atom. The zero-order chi connectivity index (χ0) is 13.0. The van der Waals surface area contributed by atoms with E-state index in [-0.39, 0.29) is 0 Å². The Morgan fingerprint density at radius 1 is 1.28 bits per heavy atom. The van der Waals surface area contributed by atoms with Gasteiger partial charge in [-0.1, -0.05) is 59.3 Å². The normalized spacial score (nSPS) is 11.1. The highest BCUT2D eigenvalue weighted by atomic mass is 79.9. The molecule has 1 aromatic heterocycles. The fraction of sp³-hybridized carbons (Fsp3) is 0.385. The largest absolute Gasteiger partial charge is 0.314 e. The van der Waals surface area contributed by atoms with E-state index in [2.05, 4.69) is 51.4 Å². The molecule has 0 radical (unpaired) electrons. The highest BCUT2D eigenvalue weighted by molar-refractivity contribution is 9.10. The molecule has 0 aliphatic rings. The standard InChI is InChI=1S/C13H16BrN3S/c1-9(2)15-8-7-12-16-17-13(18-12)10-5-3-4-6-11(10)14/h3-6,9,15H,7-8H2,1-2H3. The van der Waals surface area contributed by atoms with Crippen LogP contribution >= 0.6 is 27.3 Å². The SMILES string of the molecule is CC(C)NCCc1nnc(-c2ccccc2Br)s1. The first-order valence-electron chi connectivity index (χ1n) is 5.97. The van der Waals surface area contributed by atoms with Gasteiger partial charge in [-0.15, -0.1) is 10.2 Å². The number of hydrogen-bond acceptors (Lipinski definition) is 4. The van der Waals surface area contributed by atoms with Crippen LogP contribution in [0, 0.1) is 0 Å². The molecular formula is C13H16BrN3S. The van der Waals surface area contributed by atoms with E-state index >= 15 is 0 Å². The lowest BCUT2D eigenvalue weighted by molar-refractivity contribution is 0.588. The fourth-order valence-electron chi connectivity index (χ4n) is 1.57. The van der Waals surface area contributed by atoms with Crippen molar-refractivity contribution in [1.29, 1.82) is 0 Å². The quantitative estimate of drug-likeness (QED) is 0.914. The van der Waals surface area contributed by atoms with Gasteiger partial charge in [0, 0.05) is 29.0 Å². The van der Waals surface area contributed by atoms with Gasteiger partial charge in [-0.25, -0.2) is 0 Å². The van der Waals surface area contributed by atoms with Crippen LogP contribution in [-0.2, 0) is 6.42 Å². The Labute approximate surface area is 120 Å². The van der Waals surface area contributed by atoms with Crippen LogP contribution < -0.4 is 5.32 Å². The van der Waals surface area contributed by atoms with Gasteiger partial charge in [0.15, 0.2) is 0 Å². The molecule has 18 heavy (non-hydrogen) atoms. The van der Waals surface area contributed by atoms with Crippen molar-refractivity contribution >= 4 is 27.3 Å². The van der Waals surface area contributed by atoms with Crippen LogP contribution in [-0.4, -0.2) is 22.8 Å². The molecule has 0 saturated carbocycles. The molecule has 3 nitrogen and oxygen atoms in total. The second-order valence-electron chi connectivity index (χ2n) is 4.34. The lowest BCUT2D eigenvalue weighted by Gasteiger charge is -2.05. The zero-order valence-corrected chi connectivity index (χ0v) is 12.9. The van der Waals surface area contributed by atoms with Crippen LogP contribution in [0.1, 0.15) is 18.9 Å². The maximum atomic E-state index is 4.26. The van der Waals surface area contributed by atoms with Crippen molar-refractivity contribution in [1.82, 2.24) is 15.5 Å². The summed E-state index contributed by atoms with van der Waals surface area (Å²) in [5.41, 5.74) is 1.11. The van der Waals surface area contributed by atoms with Crippen molar-refractivity contribution in [2.45, 2.75) is 26.3 Å². The molecule has 96 valence electrons. The minimum Gasteiger partial charge on any atom is -0.314 e. The van der Waals surface area contributed by atoms with E-state index in [1.165, 1.54) is 0 Å². The lowest BCUT2D eigenvalue weighted by atomic mass is 10.2. The van der Waals surface area contributed by atoms with E-state index in [1.807, 2.05) is 18.2 Å². The monoisotopic (exact) mass is 325 g/mol. The predicted molar refractivity (Wildman–Crippen MR) is 79.9 cm³/mol. The van der Waals surface area contributed by atoms with Gasteiger partial charge in [0.2, 0.25) is 0 Å². The summed E-state index contributed by atoms with van der Waals surface area (Å²) in [5, 5.41) is 13.9. The molecule has 0 spiro atoms. The average Bonchev–Trinajstić information content (AvgIpc) is 2.78. The molecular weight excluding hydrogens is 310 g/mol. The molecule has 1 aromatic carbocycles. The third-order valence-electron chi connectivity index (χ3n) is 2.46. The Hall–Kier alpha value is -0.780. The average molecular weight is 326 g/mol. The van der Waals surface area contributed by atoms with E-state index in [4.69, 9.17) is 0 Å². The van der Waals surface area contributed by atoms with Crippen LogP contribution in [0.2, 0.25) is 0 Å². The summed E-state index contributed by atoms with van der Waals surface area (Å²) < 4.78 is 1.06. The molecule has 1 heterocycles. The van der Waals surface area contributed by atoms with Crippen LogP contribution in [0.25, 0.3) is 10.6 Å². The third kappa shape index (κ3) is 3.60. The van der Waals surface area contributed by atoms with E-state index in [0.29, 0.717) is 6.04 Å². The second-order valence-corrected chi connectivity index (χ2v) is 6.26. The minimum atomic E-state index is 0.514. The molecule has 0 atom stereocenters. The predicted octanol–water partition coefficient (Wildman–Crippen LogP) is 3.51. The summed E-state index contributed by atoms with van der Waals surface area (Å²) in [5.74, 6) is 0. The summed E-state index contributed by atoms with van der Waals surface area (Å²) in [6.07, 6.45) is 0.931. The summed E-state index contributed by atoms with van der Waals surface area (Å²) in [7, 11) is 0. The smallest absolute Gasteiger partial charge is 0.148 e. The Bertz CT molecular complexity index is 510. The number of aromatic nitrogens is 2. The Balaban J connectivity index is 2.04. The first-order chi connectivity index (χ1) is 8.66. The molecule has 2 aromatic rings. The molecule has 0 saturated heterocycles. The number of nitrogens with zero attached hydrogens (tertiary/aromatic N) is 2. The van der Waals surface area contributed by atoms with Crippen molar-refractivity contribution < 1.29 is 0 Å². The van der Waals surface area contributed by atoms with E-state index in [1.54, 1.807) is 11.3 Å². The zero-order valence-electron chi connectivity index (χ0n) is 10.5. The minimum absolute atomic E-state index is 0.514. The molecule has 5 heteroatoms. The van der Waals surface area contributed by atoms with Crippen LogP contribution in [0.15, 0.2) is 28.7 Å². The molecule has 0 fully saturated rings. The van der Waals surface area contributed by atoms with Crippen LogP contribution in [0.5, 0.6) is 0 Å². The van der Waals surface area contributed by atoms with Gasteiger partial charge in [-0.05, 0) is 6.07 Å². The summed E-state index contributed by atoms with van der Waals surface area (Å²) in [6.45, 7) is 5.24. The maximum Gasteiger partial charge on any atom is 0.148 e. The van der Waals surface area contributed by atoms with Gasteiger partial charge in [-0.2, -0.15) is 0 Å². The highest BCUT2D eigenvalue weighted by Crippen LogP contribution is 2.30. The van der Waals surface area contributed by atoms with Crippen LogP contribution in [0.3, 0.4) is 0 Å². The Kier molecular flexibility index (Phi) is 4.86. The molecule has 0 unspecified atom stereocenters. The number of rotatable bonds is 5. The number of hydrogen-bond donors (Lipinski definition) is 1. The molecule has 1 N–H and O–H groups in total. The van der Waals surface area contributed by atoms with Gasteiger partial charge in [0.25, 0.3) is 0 Å². The number of halogens is 1. The van der Waals surface area contributed by atoms with Crippen molar-refractivity contribution in [3.63, 3.8) is 0 Å². The molecule has 0 aliphatic heterocycles. The first-order valence-corrected chi connectivity index (χ1v) is 7.58. The maximum absolute atomic E-state index is 4.26. The number of nitrogens with one attached hydrogen (secondary N) is 1. The first kappa shape index (κ1) is 13.6. The summed E-state index contributed by atoms with van der Waals surface area (Å²) in [6, 6.07) is 8.61. The lowest BCUT2D eigenvalue weighted by Crippen LogP contribution is -2.24. The van der Waals surface area contributed by atoms with Crippen molar-refractivity contribution in [2.75, 3.05) is 6.54 Å². The second kappa shape index (κ2) is 6.41. The van der Waals surface area contributed by atoms with Gasteiger partial charge in [-0.3, -0.25) is 0 Å². The molecule has 0 aliphatic carbocycles. The topological polar surface area (TPSA) is 37.8 Å². The van der Waals surface area contributed by atoms with Gasteiger partial charge in [0.05, 0.1) is 0 Å². The van der Waals surface area contributed by atoms with E-state index in [9.17, 15) is 0 Å². The Morgan fingerprint density at radius 2 is 2.06 bits per heavy atom. The van der Waals surface area contributed by atoms with E-state index < -0.39 is 0 Å². The van der Waals surface area contributed by atoms with Gasteiger partial charge in [0.1, 0.15) is 10.0 Å². The third-order valence-corrected chi connectivity index (χ3v) is 4.17. The highest BCUT2D eigenvalue weighted by Gasteiger charge is 2.09. The van der Waals surface area contributed by atoms with E-state index in [0.717, 1.165) is 33.0 Å². The summed E-state index contributed by atoms with van der Waals surface area (Å²) in [4.78, 5) is 0. The van der Waals surface area contributed by atoms with Crippen LogP contribution in [0.4, 0.5) is 0 Å². The van der Waals surface area contributed by atoms with Crippen molar-refractivity contribution in [3.8, 4) is 10.6 Å². The summed E-state index contributed by atoms with van der Waals surface area (Å²) >= 11 is 5.20. The molecule has 0 amide bonds. The fourth-order valence-corrected chi connectivity index (χ4v) is 3.05. The number of benzene rings is 1. The van der Waals surface area contributed by atoms with Crippen molar-refractivity contribution in [2.24, 2.45) is 0 Å². The molecule has 0 bridgehead atoms. The molecule has 2 rings (SSSR count). The van der Waals surface area contributed by atoms with Crippen molar-refractivity contribution in [3.05, 3.63) is 33.7 Å².